The maximum absolute atomic E-state index is 16.0. The molecule has 10 heteroatoms. The molecule has 0 aliphatic rings. The van der Waals surface area contributed by atoms with Crippen molar-refractivity contribution in [1.29, 1.82) is 0 Å². The molecular weight excluding hydrogens is 488 g/mol. The zero-order valence-corrected chi connectivity index (χ0v) is 20.2. The number of carbonyl (C=O) groups excluding carboxylic acids is 1. The van der Waals surface area contributed by atoms with E-state index in [-0.39, 0.29) is 17.1 Å². The quantitative estimate of drug-likeness (QED) is 0.246. The van der Waals surface area contributed by atoms with Crippen LogP contribution >= 0.6 is 0 Å². The number of anilines is 1. The molecule has 8 nitrogen and oxygen atoms in total. The molecule has 0 unspecified atom stereocenters. The van der Waals surface area contributed by atoms with Crippen molar-refractivity contribution in [2.45, 2.75) is 19.8 Å². The van der Waals surface area contributed by atoms with Gasteiger partial charge in [0.1, 0.15) is 22.8 Å². The van der Waals surface area contributed by atoms with Gasteiger partial charge in [0.25, 0.3) is 0 Å². The molecule has 188 valence electrons. The van der Waals surface area contributed by atoms with Gasteiger partial charge in [0, 0.05) is 35.5 Å². The second kappa shape index (κ2) is 9.47. The highest BCUT2D eigenvalue weighted by Crippen LogP contribution is 2.35. The predicted molar refractivity (Wildman–Crippen MR) is 141 cm³/mol. The van der Waals surface area contributed by atoms with Gasteiger partial charge in [-0.25, -0.2) is 13.8 Å². The van der Waals surface area contributed by atoms with Crippen LogP contribution in [0.25, 0.3) is 55.8 Å². The topological polar surface area (TPSA) is 112 Å². The first-order valence-corrected chi connectivity index (χ1v) is 12.0. The summed E-state index contributed by atoms with van der Waals surface area (Å²) in [5, 5.41) is 10.3. The van der Waals surface area contributed by atoms with Gasteiger partial charge in [-0.15, -0.1) is 0 Å². The molecule has 1 amide bonds. The van der Waals surface area contributed by atoms with Crippen molar-refractivity contribution in [1.82, 2.24) is 30.1 Å². The molecule has 0 aliphatic heterocycles. The van der Waals surface area contributed by atoms with Crippen molar-refractivity contribution < 1.29 is 13.6 Å². The number of carbonyl (C=O) groups is 1. The fraction of sp³-hybridized carbons (Fsp3) is 0.107. The third-order valence-electron chi connectivity index (χ3n) is 6.22. The van der Waals surface area contributed by atoms with Gasteiger partial charge in [0.15, 0.2) is 5.82 Å². The predicted octanol–water partition coefficient (Wildman–Crippen LogP) is 6.25. The number of aromatic nitrogens is 6. The second-order valence-corrected chi connectivity index (χ2v) is 8.83. The van der Waals surface area contributed by atoms with Gasteiger partial charge in [-0.2, -0.15) is 5.10 Å². The average Bonchev–Trinajstić information content (AvgIpc) is 3.54. The molecule has 0 saturated carbocycles. The molecule has 38 heavy (non-hydrogen) atoms. The van der Waals surface area contributed by atoms with Crippen molar-refractivity contribution in [2.75, 3.05) is 5.32 Å². The van der Waals surface area contributed by atoms with Gasteiger partial charge in [-0.05, 0) is 55.0 Å². The van der Waals surface area contributed by atoms with Crippen molar-refractivity contribution in [3.8, 4) is 33.9 Å². The summed E-state index contributed by atoms with van der Waals surface area (Å²) in [6, 6.07) is 12.8. The minimum atomic E-state index is -0.498. The number of benzene rings is 2. The number of fused-ring (bicyclic) bond motifs is 2. The van der Waals surface area contributed by atoms with E-state index >= 15 is 4.39 Å². The molecule has 4 aromatic heterocycles. The zero-order chi connectivity index (χ0) is 26.2. The lowest BCUT2D eigenvalue weighted by Gasteiger charge is -2.08. The van der Waals surface area contributed by atoms with Crippen LogP contribution in [0.4, 0.5) is 14.5 Å². The first kappa shape index (κ1) is 23.4. The molecule has 0 saturated heterocycles. The number of rotatable bonds is 6. The van der Waals surface area contributed by atoms with E-state index in [0.29, 0.717) is 62.6 Å². The highest BCUT2D eigenvalue weighted by Gasteiger charge is 2.21. The van der Waals surface area contributed by atoms with Crippen molar-refractivity contribution in [2.24, 2.45) is 0 Å². The summed E-state index contributed by atoms with van der Waals surface area (Å²) in [6.07, 6.45) is 5.80. The summed E-state index contributed by atoms with van der Waals surface area (Å²) in [5.74, 6) is -0.611. The van der Waals surface area contributed by atoms with Crippen molar-refractivity contribution in [3.63, 3.8) is 0 Å². The maximum Gasteiger partial charge on any atom is 0.224 e. The first-order chi connectivity index (χ1) is 18.5. The summed E-state index contributed by atoms with van der Waals surface area (Å²) in [6.45, 7) is 1.92. The number of amides is 1. The lowest BCUT2D eigenvalue weighted by Crippen LogP contribution is -2.10. The minimum Gasteiger partial charge on any atom is -0.336 e. The van der Waals surface area contributed by atoms with Crippen molar-refractivity contribution >= 4 is 33.5 Å². The molecule has 0 aliphatic carbocycles. The van der Waals surface area contributed by atoms with Crippen molar-refractivity contribution in [3.05, 3.63) is 78.8 Å². The Hall–Kier alpha value is -4.99. The molecule has 6 aromatic rings. The van der Waals surface area contributed by atoms with Crippen LogP contribution in [0.2, 0.25) is 0 Å². The molecule has 2 aromatic carbocycles. The highest BCUT2D eigenvalue weighted by atomic mass is 19.1. The number of H-pyrrole nitrogens is 2. The van der Waals surface area contributed by atoms with E-state index in [4.69, 9.17) is 4.98 Å². The van der Waals surface area contributed by atoms with Crippen LogP contribution in [0.1, 0.15) is 19.8 Å². The van der Waals surface area contributed by atoms with Gasteiger partial charge in [0.05, 0.1) is 34.0 Å². The lowest BCUT2D eigenvalue weighted by molar-refractivity contribution is -0.116. The standard InChI is InChI=1S/C28H21F2N7O/c1-2-3-22(38)33-18-12-16(13-31-14-18)19-8-9-20-23(24(19)30)27(37-36-20)28-34-21-10-11-32-25(26(21)35-28)15-4-6-17(29)7-5-15/h4-14H,2-3H2,1H3,(H,33,38)(H,34,35)(H,36,37). The van der Waals surface area contributed by atoms with Crippen LogP contribution in [0.5, 0.6) is 0 Å². The fourth-order valence-corrected chi connectivity index (χ4v) is 4.44. The monoisotopic (exact) mass is 509 g/mol. The Morgan fingerprint density at radius 1 is 0.974 bits per heavy atom. The summed E-state index contributed by atoms with van der Waals surface area (Å²) in [7, 11) is 0. The first-order valence-electron chi connectivity index (χ1n) is 12.0. The van der Waals surface area contributed by atoms with Gasteiger partial charge in [-0.3, -0.25) is 19.9 Å². The molecule has 0 radical (unpaired) electrons. The van der Waals surface area contributed by atoms with Crippen LogP contribution in [-0.4, -0.2) is 36.0 Å². The van der Waals surface area contributed by atoms with Crippen LogP contribution in [0.15, 0.2) is 67.1 Å². The Labute approximate surface area is 215 Å². The SMILES string of the molecule is CCCC(=O)Nc1cncc(-c2ccc3[nH]nc(-c4nc5c(-c6ccc(F)cc6)nccc5[nH]4)c3c2F)c1. The number of halogens is 2. The van der Waals surface area contributed by atoms with E-state index in [1.54, 1.807) is 48.8 Å². The van der Waals surface area contributed by atoms with E-state index in [9.17, 15) is 9.18 Å². The number of nitrogens with zero attached hydrogens (tertiary/aromatic N) is 4. The second-order valence-electron chi connectivity index (χ2n) is 8.83. The molecule has 0 fully saturated rings. The van der Waals surface area contributed by atoms with Gasteiger partial charge in [-0.1, -0.05) is 6.92 Å². The smallest absolute Gasteiger partial charge is 0.224 e. The van der Waals surface area contributed by atoms with Crippen LogP contribution < -0.4 is 5.32 Å². The van der Waals surface area contributed by atoms with E-state index in [1.807, 2.05) is 6.92 Å². The molecule has 0 spiro atoms. The van der Waals surface area contributed by atoms with Gasteiger partial charge in [0.2, 0.25) is 5.91 Å². The number of hydrogen-bond acceptors (Lipinski definition) is 5. The number of imidazole rings is 1. The van der Waals surface area contributed by atoms with Crippen LogP contribution in [0.3, 0.4) is 0 Å². The minimum absolute atomic E-state index is 0.126. The van der Waals surface area contributed by atoms with Crippen LogP contribution in [0, 0.1) is 11.6 Å². The zero-order valence-electron chi connectivity index (χ0n) is 20.2. The number of nitrogens with one attached hydrogen (secondary N) is 3. The summed E-state index contributed by atoms with van der Waals surface area (Å²) >= 11 is 0. The number of aromatic amines is 2. The van der Waals surface area contributed by atoms with E-state index in [1.165, 1.54) is 18.3 Å². The molecular formula is C28H21F2N7O. The third kappa shape index (κ3) is 4.15. The Morgan fingerprint density at radius 2 is 1.82 bits per heavy atom. The summed E-state index contributed by atoms with van der Waals surface area (Å²) in [5.41, 5.74) is 4.63. The molecule has 0 bridgehead atoms. The third-order valence-corrected chi connectivity index (χ3v) is 6.22. The summed E-state index contributed by atoms with van der Waals surface area (Å²) in [4.78, 5) is 28.5. The highest BCUT2D eigenvalue weighted by molar-refractivity contribution is 5.98. The van der Waals surface area contributed by atoms with E-state index in [2.05, 4.69) is 30.5 Å². The largest absolute Gasteiger partial charge is 0.336 e. The van der Waals surface area contributed by atoms with Gasteiger partial charge >= 0.3 is 0 Å². The number of pyridine rings is 2. The molecule has 0 atom stereocenters. The lowest BCUT2D eigenvalue weighted by atomic mass is 10.0. The molecule has 3 N–H and O–H groups in total. The van der Waals surface area contributed by atoms with E-state index in [0.717, 1.165) is 6.42 Å². The Bertz CT molecular complexity index is 1810. The Kier molecular flexibility index (Phi) is 5.83. The molecule has 6 rings (SSSR count). The number of hydrogen-bond donors (Lipinski definition) is 3. The average molecular weight is 510 g/mol. The van der Waals surface area contributed by atoms with E-state index < -0.39 is 5.82 Å². The van der Waals surface area contributed by atoms with Gasteiger partial charge < -0.3 is 10.3 Å². The maximum atomic E-state index is 16.0. The summed E-state index contributed by atoms with van der Waals surface area (Å²) < 4.78 is 29.5. The Morgan fingerprint density at radius 3 is 2.63 bits per heavy atom. The fourth-order valence-electron chi connectivity index (χ4n) is 4.44. The van der Waals surface area contributed by atoms with Crippen LogP contribution in [-0.2, 0) is 4.79 Å². The normalized spacial score (nSPS) is 11.3. The Balaban J connectivity index is 1.44. The molecule has 4 heterocycles.